The topological polar surface area (TPSA) is 17.1 Å². The van der Waals surface area contributed by atoms with Gasteiger partial charge in [-0.15, -0.1) is 0 Å². The summed E-state index contributed by atoms with van der Waals surface area (Å²) < 4.78 is 1.24. The third-order valence-electron chi connectivity index (χ3n) is 1.71. The number of carbonyl (C=O) groups is 1. The van der Waals surface area contributed by atoms with Crippen LogP contribution in [0.5, 0.6) is 0 Å². The Morgan fingerprint density at radius 2 is 1.92 bits per heavy atom. The molecule has 0 heterocycles. The first-order valence-corrected chi connectivity index (χ1v) is 6.20. The highest BCUT2D eigenvalue weighted by atomic mass is 127. The molecule has 0 unspecified atom stereocenters. The number of hydrogen-bond acceptors (Lipinski definition) is 1. The highest BCUT2D eigenvalue weighted by molar-refractivity contribution is 14.1. The second-order valence-electron chi connectivity index (χ2n) is 2.87. The first-order chi connectivity index (χ1) is 6.31. The van der Waals surface area contributed by atoms with Crippen LogP contribution in [0.4, 0.5) is 0 Å². The normalized spacial score (nSPS) is 10.5. The molecule has 2 heteroatoms. The second kappa shape index (κ2) is 9.96. The Bertz CT molecular complexity index is 173. The molecule has 0 saturated carbocycles. The Balaban J connectivity index is 3.21. The number of alkyl halides is 1. The Kier molecular flexibility index (Phi) is 9.87. The van der Waals surface area contributed by atoms with E-state index >= 15 is 0 Å². The van der Waals surface area contributed by atoms with E-state index in [1.807, 2.05) is 0 Å². The summed E-state index contributed by atoms with van der Waals surface area (Å²) in [5.41, 5.74) is 0. The van der Waals surface area contributed by atoms with Crippen LogP contribution >= 0.6 is 22.6 Å². The molecule has 0 atom stereocenters. The van der Waals surface area contributed by atoms with Crippen LogP contribution < -0.4 is 0 Å². The predicted molar refractivity (Wildman–Crippen MR) is 66.3 cm³/mol. The van der Waals surface area contributed by atoms with Gasteiger partial charge in [-0.1, -0.05) is 41.3 Å². The molecule has 0 fully saturated rings. The van der Waals surface area contributed by atoms with Crippen LogP contribution in [-0.2, 0) is 4.79 Å². The van der Waals surface area contributed by atoms with E-state index in [1.54, 1.807) is 0 Å². The van der Waals surface area contributed by atoms with E-state index in [9.17, 15) is 4.79 Å². The smallest absolute Gasteiger partial charge is 0.155 e. The number of hydrogen-bond donors (Lipinski definition) is 0. The molecule has 0 bridgehead atoms. The summed E-state index contributed by atoms with van der Waals surface area (Å²) in [6.07, 6.45) is 10.8. The zero-order chi connectivity index (χ0) is 9.94. The summed E-state index contributed by atoms with van der Waals surface area (Å²) in [6.45, 7) is 3.43. The molecule has 0 aliphatic rings. The highest BCUT2D eigenvalue weighted by Crippen LogP contribution is 2.01. The first kappa shape index (κ1) is 12.9. The van der Waals surface area contributed by atoms with Crippen molar-refractivity contribution in [2.45, 2.75) is 32.1 Å². The maximum atomic E-state index is 10.8. The molecule has 13 heavy (non-hydrogen) atoms. The fourth-order valence-corrected chi connectivity index (χ4v) is 1.46. The maximum absolute atomic E-state index is 10.8. The number of rotatable bonds is 8. The fourth-order valence-electron chi connectivity index (χ4n) is 0.920. The van der Waals surface area contributed by atoms with Gasteiger partial charge in [0.15, 0.2) is 5.78 Å². The van der Waals surface area contributed by atoms with Crippen molar-refractivity contribution in [2.24, 2.45) is 0 Å². The summed E-state index contributed by atoms with van der Waals surface area (Å²) >= 11 is 2.39. The summed E-state index contributed by atoms with van der Waals surface area (Å²) in [4.78, 5) is 10.8. The Labute approximate surface area is 94.4 Å². The van der Waals surface area contributed by atoms with E-state index in [2.05, 4.69) is 41.3 Å². The van der Waals surface area contributed by atoms with Crippen LogP contribution in [0, 0.1) is 0 Å². The fraction of sp³-hybridized carbons (Fsp3) is 0.545. The van der Waals surface area contributed by atoms with Crippen LogP contribution in [0.3, 0.4) is 0 Å². The van der Waals surface area contributed by atoms with E-state index in [0.717, 1.165) is 12.8 Å². The molecular formula is C11H17IO. The first-order valence-electron chi connectivity index (χ1n) is 4.67. The van der Waals surface area contributed by atoms with Gasteiger partial charge in [-0.25, -0.2) is 0 Å². The SMILES string of the molecule is C=CC(=O)CC/C=C/CCCCI. The van der Waals surface area contributed by atoms with E-state index in [-0.39, 0.29) is 5.78 Å². The zero-order valence-electron chi connectivity index (χ0n) is 7.97. The minimum Gasteiger partial charge on any atom is -0.295 e. The third-order valence-corrected chi connectivity index (χ3v) is 2.47. The maximum Gasteiger partial charge on any atom is 0.155 e. The molecule has 0 aliphatic heterocycles. The van der Waals surface area contributed by atoms with Crippen LogP contribution in [0.2, 0.25) is 0 Å². The minimum atomic E-state index is 0.136. The van der Waals surface area contributed by atoms with Crippen LogP contribution in [0.1, 0.15) is 32.1 Å². The van der Waals surface area contributed by atoms with Crippen molar-refractivity contribution in [3.8, 4) is 0 Å². The van der Waals surface area contributed by atoms with Gasteiger partial charge in [-0.3, -0.25) is 4.79 Å². The van der Waals surface area contributed by atoms with Crippen molar-refractivity contribution in [2.75, 3.05) is 4.43 Å². The molecule has 0 spiro atoms. The lowest BCUT2D eigenvalue weighted by Gasteiger charge is -1.91. The number of halogens is 1. The van der Waals surface area contributed by atoms with Gasteiger partial charge >= 0.3 is 0 Å². The van der Waals surface area contributed by atoms with Gasteiger partial charge in [0.25, 0.3) is 0 Å². The molecule has 0 saturated heterocycles. The number of carbonyl (C=O) groups excluding carboxylic acids is 1. The van der Waals surface area contributed by atoms with Crippen LogP contribution in [0.25, 0.3) is 0 Å². The molecule has 74 valence electrons. The summed E-state index contributed by atoms with van der Waals surface area (Å²) in [6, 6.07) is 0. The Morgan fingerprint density at radius 3 is 2.54 bits per heavy atom. The van der Waals surface area contributed by atoms with E-state index in [0.29, 0.717) is 6.42 Å². The van der Waals surface area contributed by atoms with Crippen molar-refractivity contribution >= 4 is 28.4 Å². The molecular weight excluding hydrogens is 275 g/mol. The average molecular weight is 292 g/mol. The van der Waals surface area contributed by atoms with Crippen molar-refractivity contribution in [1.29, 1.82) is 0 Å². The Morgan fingerprint density at radius 1 is 1.23 bits per heavy atom. The Hall–Kier alpha value is -0.120. The number of unbranched alkanes of at least 4 members (excludes halogenated alkanes) is 2. The molecule has 0 aliphatic carbocycles. The molecule has 0 radical (unpaired) electrons. The van der Waals surface area contributed by atoms with Crippen molar-refractivity contribution in [1.82, 2.24) is 0 Å². The summed E-state index contributed by atoms with van der Waals surface area (Å²) in [5, 5.41) is 0. The average Bonchev–Trinajstić information content (AvgIpc) is 2.16. The molecule has 0 rings (SSSR count). The molecule has 0 aromatic rings. The van der Waals surface area contributed by atoms with Gasteiger partial charge < -0.3 is 0 Å². The third kappa shape index (κ3) is 9.80. The van der Waals surface area contributed by atoms with Crippen LogP contribution in [0.15, 0.2) is 24.8 Å². The van der Waals surface area contributed by atoms with Crippen molar-refractivity contribution < 1.29 is 4.79 Å². The van der Waals surface area contributed by atoms with Crippen molar-refractivity contribution in [3.05, 3.63) is 24.8 Å². The lowest BCUT2D eigenvalue weighted by molar-refractivity contribution is -0.114. The molecule has 0 amide bonds. The molecule has 0 aromatic heterocycles. The minimum absolute atomic E-state index is 0.136. The van der Waals surface area contributed by atoms with Gasteiger partial charge in [-0.05, 0) is 36.2 Å². The van der Waals surface area contributed by atoms with Gasteiger partial charge in [0.2, 0.25) is 0 Å². The van der Waals surface area contributed by atoms with Crippen molar-refractivity contribution in [3.63, 3.8) is 0 Å². The number of allylic oxidation sites excluding steroid dienone is 3. The molecule has 0 aromatic carbocycles. The van der Waals surface area contributed by atoms with Gasteiger partial charge in [-0.2, -0.15) is 0 Å². The predicted octanol–water partition coefficient (Wildman–Crippen LogP) is 3.68. The van der Waals surface area contributed by atoms with Crippen LogP contribution in [-0.4, -0.2) is 10.2 Å². The van der Waals surface area contributed by atoms with Gasteiger partial charge in [0, 0.05) is 6.42 Å². The quantitative estimate of drug-likeness (QED) is 0.219. The molecule has 1 nitrogen and oxygen atoms in total. The lowest BCUT2D eigenvalue weighted by atomic mass is 10.2. The molecule has 0 N–H and O–H groups in total. The van der Waals surface area contributed by atoms with E-state index in [4.69, 9.17) is 0 Å². The highest BCUT2D eigenvalue weighted by Gasteiger charge is 1.90. The number of ketones is 1. The van der Waals surface area contributed by atoms with E-state index in [1.165, 1.54) is 23.3 Å². The largest absolute Gasteiger partial charge is 0.295 e. The monoisotopic (exact) mass is 292 g/mol. The zero-order valence-corrected chi connectivity index (χ0v) is 10.1. The standard InChI is InChI=1S/C11H17IO/c1-2-11(13)9-7-5-3-4-6-8-10-12/h2-3,5H,1,4,6-10H2/b5-3+. The van der Waals surface area contributed by atoms with Gasteiger partial charge in [0.05, 0.1) is 0 Å². The second-order valence-corrected chi connectivity index (χ2v) is 3.94. The summed E-state index contributed by atoms with van der Waals surface area (Å²) in [5.74, 6) is 0.136. The van der Waals surface area contributed by atoms with E-state index < -0.39 is 0 Å². The lowest BCUT2D eigenvalue weighted by Crippen LogP contribution is -1.88. The summed E-state index contributed by atoms with van der Waals surface area (Å²) in [7, 11) is 0. The van der Waals surface area contributed by atoms with Gasteiger partial charge in [0.1, 0.15) is 0 Å².